The highest BCUT2D eigenvalue weighted by atomic mass is 35.5. The summed E-state index contributed by atoms with van der Waals surface area (Å²) in [5, 5.41) is 28.7. The van der Waals surface area contributed by atoms with Gasteiger partial charge in [-0.15, -0.1) is 5.10 Å². The highest BCUT2D eigenvalue weighted by Gasteiger charge is 2.58. The molecule has 4 rings (SSSR count). The summed E-state index contributed by atoms with van der Waals surface area (Å²) in [7, 11) is 2.12. The number of amides is 1. The van der Waals surface area contributed by atoms with Gasteiger partial charge in [-0.05, 0) is 31.3 Å². The molecule has 0 radical (unpaired) electrons. The molecule has 3 aromatic rings. The van der Waals surface area contributed by atoms with Crippen molar-refractivity contribution in [3.8, 4) is 0 Å². The number of aromatic nitrogens is 3. The number of carbonyl (C=O) groups is 4. The second-order valence-corrected chi connectivity index (χ2v) is 8.76. The van der Waals surface area contributed by atoms with E-state index >= 15 is 0 Å². The van der Waals surface area contributed by atoms with Gasteiger partial charge in [0.2, 0.25) is 0 Å². The fourth-order valence-electron chi connectivity index (χ4n) is 2.97. The predicted molar refractivity (Wildman–Crippen MR) is 145 cm³/mol. The number of fused-ring (bicyclic) bond motifs is 1. The average Bonchev–Trinajstić information content (AvgIpc) is 3.35. The van der Waals surface area contributed by atoms with Gasteiger partial charge in [0.25, 0.3) is 18.9 Å². The number of carboxylic acid groups (broad SMARTS) is 3. The van der Waals surface area contributed by atoms with Crippen molar-refractivity contribution >= 4 is 53.7 Å². The molecule has 23 heteroatoms. The van der Waals surface area contributed by atoms with Gasteiger partial charge in [0.1, 0.15) is 5.82 Å². The maximum Gasteiger partial charge on any atom is 0.490 e. The number of alkyl halides is 9. The summed E-state index contributed by atoms with van der Waals surface area (Å²) in [5.41, 5.74) is 1.09. The van der Waals surface area contributed by atoms with E-state index in [4.69, 9.17) is 41.3 Å². The Bertz CT molecular complexity index is 1430. The number of rotatable bonds is 3. The molecule has 1 aliphatic heterocycles. The van der Waals surface area contributed by atoms with Crippen molar-refractivity contribution in [2.24, 2.45) is 0 Å². The van der Waals surface area contributed by atoms with Gasteiger partial charge in [-0.3, -0.25) is 14.4 Å². The van der Waals surface area contributed by atoms with Gasteiger partial charge in [0, 0.05) is 26.2 Å². The quantitative estimate of drug-likeness (QED) is 0.221. The minimum absolute atomic E-state index is 0.250. The summed E-state index contributed by atoms with van der Waals surface area (Å²) in [4.78, 5) is 47.0. The molecule has 3 heterocycles. The first-order valence-electron chi connectivity index (χ1n) is 12.1. The number of hydrogen-bond acceptors (Lipinski definition) is 8. The summed E-state index contributed by atoms with van der Waals surface area (Å²) in [6, 6.07) is 10.8. The molecule has 1 aromatic carbocycles. The largest absolute Gasteiger partial charge is 0.490 e. The predicted octanol–water partition coefficient (Wildman–Crippen LogP) is 4.53. The number of hydrogen-bond donors (Lipinski definition) is 4. The van der Waals surface area contributed by atoms with Crippen LogP contribution in [0.25, 0.3) is 5.65 Å². The Morgan fingerprint density at radius 3 is 1.77 bits per heavy atom. The Labute approximate surface area is 262 Å². The normalized spacial score (nSPS) is 13.1. The van der Waals surface area contributed by atoms with E-state index in [9.17, 15) is 44.3 Å². The number of piperazine rings is 1. The van der Waals surface area contributed by atoms with Gasteiger partial charge in [0.15, 0.2) is 11.5 Å². The number of carboxylic acids is 1. The first-order chi connectivity index (χ1) is 21.6. The fourth-order valence-corrected chi connectivity index (χ4v) is 3.19. The Morgan fingerprint density at radius 2 is 1.34 bits per heavy atom. The van der Waals surface area contributed by atoms with Crippen molar-refractivity contribution < 1.29 is 74.0 Å². The lowest BCUT2D eigenvalue weighted by Crippen LogP contribution is -2.44. The van der Waals surface area contributed by atoms with Crippen LogP contribution in [0, 0.1) is 0 Å². The van der Waals surface area contributed by atoms with E-state index in [-0.39, 0.29) is 18.9 Å². The molecule has 262 valence electrons. The highest BCUT2D eigenvalue weighted by molar-refractivity contribution is 6.34. The average molecular weight is 715 g/mol. The van der Waals surface area contributed by atoms with Crippen LogP contribution in [-0.4, -0.2) is 111 Å². The smallest absolute Gasteiger partial charge is 0.483 e. The molecule has 47 heavy (non-hydrogen) atoms. The summed E-state index contributed by atoms with van der Waals surface area (Å²) in [6.45, 7) is 3.42. The van der Waals surface area contributed by atoms with E-state index in [1.807, 2.05) is 12.1 Å². The molecule has 0 aliphatic carbocycles. The molecule has 1 fully saturated rings. The van der Waals surface area contributed by atoms with Crippen LogP contribution in [0.2, 0.25) is 5.02 Å². The van der Waals surface area contributed by atoms with E-state index < -0.39 is 24.5 Å². The van der Waals surface area contributed by atoms with E-state index in [0.717, 1.165) is 32.0 Å². The molecule has 1 saturated heterocycles. The van der Waals surface area contributed by atoms with Crippen molar-refractivity contribution in [1.82, 2.24) is 19.5 Å². The van der Waals surface area contributed by atoms with Crippen molar-refractivity contribution in [1.29, 1.82) is 0 Å². The number of halogens is 10. The van der Waals surface area contributed by atoms with Crippen LogP contribution < -0.4 is 10.2 Å². The molecule has 0 atom stereocenters. The highest BCUT2D eigenvalue weighted by Crippen LogP contribution is 2.35. The Hall–Kier alpha value is -4.86. The zero-order valence-electron chi connectivity index (χ0n) is 23.5. The number of imidazole rings is 1. The van der Waals surface area contributed by atoms with Crippen molar-refractivity contribution in [2.45, 2.75) is 18.5 Å². The molecule has 2 aromatic heterocycles. The first-order valence-corrected chi connectivity index (χ1v) is 12.5. The third-order valence-corrected chi connectivity index (χ3v) is 5.39. The van der Waals surface area contributed by atoms with Gasteiger partial charge >= 0.3 is 24.5 Å². The van der Waals surface area contributed by atoms with E-state index in [2.05, 4.69) is 32.2 Å². The molecule has 0 saturated carbocycles. The SMILES string of the molecule is CN1CCN(c2ccc3nc(NC(=O)c4ccccc4Cl)cn3n2)CC1.FC(F)(F)C(F)(F)F.O=C(O)C(F)(F)F.O=CO.O=CO. The monoisotopic (exact) mass is 714 g/mol. The lowest BCUT2D eigenvalue weighted by atomic mass is 10.2. The number of carbonyl (C=O) groups excluding carboxylic acids is 1. The van der Waals surface area contributed by atoms with Crippen LogP contribution in [0.15, 0.2) is 42.6 Å². The Morgan fingerprint density at radius 1 is 0.872 bits per heavy atom. The lowest BCUT2D eigenvalue weighted by molar-refractivity contribution is -0.339. The zero-order valence-corrected chi connectivity index (χ0v) is 24.3. The summed E-state index contributed by atoms with van der Waals surface area (Å²) in [6.07, 6.45) is -15.5. The van der Waals surface area contributed by atoms with Crippen LogP contribution in [0.4, 0.5) is 51.1 Å². The Balaban J connectivity index is 0.000000829. The van der Waals surface area contributed by atoms with Crippen molar-refractivity contribution in [3.63, 3.8) is 0 Å². The van der Waals surface area contributed by atoms with Crippen LogP contribution in [-0.2, 0) is 14.4 Å². The molecule has 0 spiro atoms. The third kappa shape index (κ3) is 15.3. The Kier molecular flexibility index (Phi) is 17.0. The maximum absolute atomic E-state index is 12.4. The van der Waals surface area contributed by atoms with E-state index in [1.54, 1.807) is 35.0 Å². The molecule has 4 N–H and O–H groups in total. The van der Waals surface area contributed by atoms with Gasteiger partial charge in [-0.2, -0.15) is 39.5 Å². The third-order valence-electron chi connectivity index (χ3n) is 5.06. The van der Waals surface area contributed by atoms with Gasteiger partial charge in [0.05, 0.1) is 16.8 Å². The van der Waals surface area contributed by atoms with Crippen LogP contribution >= 0.6 is 11.6 Å². The lowest BCUT2D eigenvalue weighted by Gasteiger charge is -2.32. The maximum atomic E-state index is 12.4. The molecule has 13 nitrogen and oxygen atoms in total. The van der Waals surface area contributed by atoms with Gasteiger partial charge in [-0.25, -0.2) is 14.3 Å². The fraction of sp³-hybridized carbons (Fsp3) is 0.333. The second kappa shape index (κ2) is 19.0. The van der Waals surface area contributed by atoms with Crippen molar-refractivity contribution in [3.05, 3.63) is 53.2 Å². The van der Waals surface area contributed by atoms with Crippen LogP contribution in [0.3, 0.4) is 0 Å². The topological polar surface area (TPSA) is 178 Å². The first kappa shape index (κ1) is 42.1. The molecule has 1 amide bonds. The molecule has 1 aliphatic rings. The molecular weight excluding hydrogens is 691 g/mol. The van der Waals surface area contributed by atoms with Gasteiger partial charge < -0.3 is 30.4 Å². The summed E-state index contributed by atoms with van der Waals surface area (Å²) < 4.78 is 96.1. The summed E-state index contributed by atoms with van der Waals surface area (Å²) >= 11 is 6.07. The second-order valence-electron chi connectivity index (χ2n) is 8.35. The van der Waals surface area contributed by atoms with Crippen LogP contribution in [0.1, 0.15) is 10.4 Å². The molecule has 0 bridgehead atoms. The van der Waals surface area contributed by atoms with E-state index in [1.165, 1.54) is 0 Å². The van der Waals surface area contributed by atoms with Gasteiger partial charge in [-0.1, -0.05) is 23.7 Å². The minimum Gasteiger partial charge on any atom is -0.483 e. The number of nitrogens with one attached hydrogen (secondary N) is 1. The number of anilines is 2. The standard InChI is InChI=1S/C18H19ClN6O.C2F6.C2HF3O2.2CH2O2/c1-23-8-10-24(11-9-23)17-7-6-16-20-15(12-25(16)22-17)21-18(26)13-4-2-3-5-14(13)19;3-1(4,5)2(6,7)8;3-2(4,5)1(6)7;2*2-1-3/h2-7,12H,8-11H2,1H3,(H,21,26);;(H,6,7);2*1H,(H,2,3). The number of benzene rings is 1. The summed E-state index contributed by atoms with van der Waals surface area (Å²) in [5.74, 6) is -1.70. The van der Waals surface area contributed by atoms with Crippen molar-refractivity contribution in [2.75, 3.05) is 43.4 Å². The van der Waals surface area contributed by atoms with Crippen LogP contribution in [0.5, 0.6) is 0 Å². The minimum atomic E-state index is -6.06. The number of likely N-dealkylation sites (N-methyl/N-ethyl adjacent to an activating group) is 1. The molecular formula is C24H24ClF9N6O7. The van der Waals surface area contributed by atoms with E-state index in [0.29, 0.717) is 22.1 Å². The number of nitrogens with zero attached hydrogens (tertiary/aromatic N) is 5. The zero-order chi connectivity index (χ0) is 36.6. The number of aliphatic carboxylic acids is 1. The molecule has 0 unspecified atom stereocenters.